The number of halogens is 4. The van der Waals surface area contributed by atoms with E-state index >= 15 is 0 Å². The summed E-state index contributed by atoms with van der Waals surface area (Å²) in [6.45, 7) is 0.202. The molecule has 0 amide bonds. The van der Waals surface area contributed by atoms with Crippen LogP contribution in [-0.4, -0.2) is 30.5 Å². The zero-order valence-electron chi connectivity index (χ0n) is 6.27. The van der Waals surface area contributed by atoms with Crippen molar-refractivity contribution in [2.75, 3.05) is 13.1 Å². The van der Waals surface area contributed by atoms with Crippen LogP contribution in [0.25, 0.3) is 0 Å². The molecule has 12 heavy (non-hydrogen) atoms. The van der Waals surface area contributed by atoms with Crippen LogP contribution in [0.5, 0.6) is 0 Å². The number of alkyl halides is 3. The van der Waals surface area contributed by atoms with Gasteiger partial charge in [0.05, 0.1) is 12.0 Å². The van der Waals surface area contributed by atoms with Crippen molar-refractivity contribution in [2.24, 2.45) is 5.92 Å². The van der Waals surface area contributed by atoms with E-state index in [1.54, 1.807) is 0 Å². The summed E-state index contributed by atoms with van der Waals surface area (Å²) in [4.78, 5) is 0. The number of aliphatic hydroxyl groups excluding tert-OH is 1. The van der Waals surface area contributed by atoms with Crippen LogP contribution in [0.15, 0.2) is 0 Å². The molecule has 0 spiro atoms. The zero-order chi connectivity index (χ0) is 8.48. The van der Waals surface area contributed by atoms with Gasteiger partial charge in [-0.1, -0.05) is 0 Å². The Balaban J connectivity index is 0.00000121. The molecule has 2 N–H and O–H groups in total. The maximum atomic E-state index is 12.0. The number of nitrogens with one attached hydrogen (secondary N) is 1. The zero-order valence-corrected chi connectivity index (χ0v) is 7.08. The molecule has 1 rings (SSSR count). The first-order chi connectivity index (χ1) is 5.00. The molecule has 1 aliphatic rings. The highest BCUT2D eigenvalue weighted by Crippen LogP contribution is 2.30. The summed E-state index contributed by atoms with van der Waals surface area (Å²) in [5.74, 6) is -1.38. The molecule has 1 aliphatic heterocycles. The fourth-order valence-electron chi connectivity index (χ4n) is 1.17. The van der Waals surface area contributed by atoms with Crippen molar-refractivity contribution in [3.8, 4) is 0 Å². The van der Waals surface area contributed by atoms with Gasteiger partial charge in [-0.25, -0.2) is 0 Å². The highest BCUT2D eigenvalue weighted by atomic mass is 35.5. The molecule has 6 heteroatoms. The lowest BCUT2D eigenvalue weighted by Gasteiger charge is -2.28. The van der Waals surface area contributed by atoms with Crippen molar-refractivity contribution in [1.29, 1.82) is 0 Å². The Morgan fingerprint density at radius 1 is 1.25 bits per heavy atom. The predicted molar refractivity (Wildman–Crippen MR) is 40.3 cm³/mol. The van der Waals surface area contributed by atoms with Gasteiger partial charge in [-0.05, 0) is 6.42 Å². The minimum absolute atomic E-state index is 0. The highest BCUT2D eigenvalue weighted by molar-refractivity contribution is 5.85. The molecule has 0 aliphatic carbocycles. The van der Waals surface area contributed by atoms with E-state index in [1.165, 1.54) is 0 Å². The van der Waals surface area contributed by atoms with Crippen LogP contribution in [0.4, 0.5) is 13.2 Å². The number of aliphatic hydroxyl groups is 1. The van der Waals surface area contributed by atoms with E-state index < -0.39 is 18.2 Å². The Morgan fingerprint density at radius 2 is 1.83 bits per heavy atom. The van der Waals surface area contributed by atoms with E-state index in [0.717, 1.165) is 0 Å². The first kappa shape index (κ1) is 12.0. The number of rotatable bonds is 0. The van der Waals surface area contributed by atoms with Crippen molar-refractivity contribution in [3.05, 3.63) is 0 Å². The van der Waals surface area contributed by atoms with E-state index in [9.17, 15) is 13.2 Å². The summed E-state index contributed by atoms with van der Waals surface area (Å²) >= 11 is 0. The van der Waals surface area contributed by atoms with E-state index in [2.05, 4.69) is 5.32 Å². The second-order valence-corrected chi connectivity index (χ2v) is 2.79. The second kappa shape index (κ2) is 4.30. The molecule has 1 fully saturated rings. The standard InChI is InChI=1S/C6H10F3NO.ClH/c7-6(8,9)4-1-5(11)3-10-2-4;/h4-5,10-11H,1-3H2;1H. The van der Waals surface area contributed by atoms with Crippen molar-refractivity contribution in [2.45, 2.75) is 18.7 Å². The molecule has 2 nitrogen and oxygen atoms in total. The van der Waals surface area contributed by atoms with Crippen molar-refractivity contribution in [3.63, 3.8) is 0 Å². The summed E-state index contributed by atoms with van der Waals surface area (Å²) in [5.41, 5.74) is 0. The summed E-state index contributed by atoms with van der Waals surface area (Å²) in [5, 5.41) is 11.4. The summed E-state index contributed by atoms with van der Waals surface area (Å²) in [7, 11) is 0. The minimum Gasteiger partial charge on any atom is -0.392 e. The molecule has 1 heterocycles. The Kier molecular flexibility index (Phi) is 4.30. The number of β-amino-alcohol motifs (C(OH)–C–C–N with tert-alkyl or cyclic N) is 1. The van der Waals surface area contributed by atoms with Gasteiger partial charge in [0, 0.05) is 13.1 Å². The van der Waals surface area contributed by atoms with Crippen molar-refractivity contribution < 1.29 is 18.3 Å². The lowest BCUT2D eigenvalue weighted by atomic mass is 9.97. The smallest absolute Gasteiger partial charge is 0.392 e. The quantitative estimate of drug-likeness (QED) is 0.617. The topological polar surface area (TPSA) is 32.3 Å². The molecule has 74 valence electrons. The van der Waals surface area contributed by atoms with Crippen LogP contribution in [0, 0.1) is 5.92 Å². The minimum atomic E-state index is -4.17. The highest BCUT2D eigenvalue weighted by Gasteiger charge is 2.41. The monoisotopic (exact) mass is 205 g/mol. The van der Waals surface area contributed by atoms with Crippen LogP contribution >= 0.6 is 12.4 Å². The molecular weight excluding hydrogens is 195 g/mol. The first-order valence-electron chi connectivity index (χ1n) is 3.45. The first-order valence-corrected chi connectivity index (χ1v) is 3.45. The average molecular weight is 206 g/mol. The van der Waals surface area contributed by atoms with Crippen LogP contribution in [0.2, 0.25) is 0 Å². The molecule has 0 aromatic carbocycles. The number of piperidine rings is 1. The van der Waals surface area contributed by atoms with Gasteiger partial charge in [0.25, 0.3) is 0 Å². The third kappa shape index (κ3) is 3.16. The lowest BCUT2D eigenvalue weighted by molar-refractivity contribution is -0.185. The Morgan fingerprint density at radius 3 is 2.17 bits per heavy atom. The van der Waals surface area contributed by atoms with Gasteiger partial charge in [-0.2, -0.15) is 13.2 Å². The van der Waals surface area contributed by atoms with E-state index in [0.29, 0.717) is 0 Å². The molecule has 0 aromatic rings. The molecular formula is C6H11ClF3NO. The summed E-state index contributed by atoms with van der Waals surface area (Å²) < 4.78 is 35.9. The summed E-state index contributed by atoms with van der Waals surface area (Å²) in [6.07, 6.45) is -5.19. The van der Waals surface area contributed by atoms with E-state index in [4.69, 9.17) is 5.11 Å². The molecule has 0 aromatic heterocycles. The van der Waals surface area contributed by atoms with Gasteiger partial charge in [-0.15, -0.1) is 12.4 Å². The van der Waals surface area contributed by atoms with Crippen LogP contribution in [0.3, 0.4) is 0 Å². The van der Waals surface area contributed by atoms with Gasteiger partial charge in [0.15, 0.2) is 0 Å². The Bertz CT molecular complexity index is 141. The van der Waals surface area contributed by atoms with Crippen molar-refractivity contribution >= 4 is 12.4 Å². The number of hydrogen-bond donors (Lipinski definition) is 2. The molecule has 2 unspecified atom stereocenters. The molecule has 0 bridgehead atoms. The van der Waals surface area contributed by atoms with Gasteiger partial charge in [-0.3, -0.25) is 0 Å². The molecule has 1 saturated heterocycles. The fourth-order valence-corrected chi connectivity index (χ4v) is 1.17. The van der Waals surface area contributed by atoms with Gasteiger partial charge in [0.2, 0.25) is 0 Å². The summed E-state index contributed by atoms with van der Waals surface area (Å²) in [6, 6.07) is 0. The van der Waals surface area contributed by atoms with Gasteiger partial charge >= 0.3 is 6.18 Å². The predicted octanol–water partition coefficient (Wildman–Crippen LogP) is 0.941. The Hall–Kier alpha value is -0.0000000000000000555. The van der Waals surface area contributed by atoms with Crippen LogP contribution in [-0.2, 0) is 0 Å². The Labute approximate surface area is 74.6 Å². The fraction of sp³-hybridized carbons (Fsp3) is 1.00. The lowest BCUT2D eigenvalue weighted by Crippen LogP contribution is -2.45. The maximum absolute atomic E-state index is 12.0. The second-order valence-electron chi connectivity index (χ2n) is 2.79. The van der Waals surface area contributed by atoms with E-state index in [1.807, 2.05) is 0 Å². The number of hydrogen-bond acceptors (Lipinski definition) is 2. The maximum Gasteiger partial charge on any atom is 0.393 e. The van der Waals surface area contributed by atoms with Gasteiger partial charge < -0.3 is 10.4 Å². The van der Waals surface area contributed by atoms with E-state index in [-0.39, 0.29) is 31.9 Å². The van der Waals surface area contributed by atoms with Crippen LogP contribution < -0.4 is 5.32 Å². The molecule has 2 atom stereocenters. The normalized spacial score (nSPS) is 31.0. The molecule has 0 radical (unpaired) electrons. The van der Waals surface area contributed by atoms with Crippen LogP contribution in [0.1, 0.15) is 6.42 Å². The van der Waals surface area contributed by atoms with Crippen molar-refractivity contribution in [1.82, 2.24) is 5.32 Å². The SMILES string of the molecule is Cl.OC1CNCC(C(F)(F)F)C1. The third-order valence-corrected chi connectivity index (χ3v) is 1.79. The third-order valence-electron chi connectivity index (χ3n) is 1.79. The average Bonchev–Trinajstić information content (AvgIpc) is 1.86. The van der Waals surface area contributed by atoms with Gasteiger partial charge in [0.1, 0.15) is 0 Å². The molecule has 0 saturated carbocycles. The largest absolute Gasteiger partial charge is 0.393 e.